The summed E-state index contributed by atoms with van der Waals surface area (Å²) in [4.78, 5) is 22.1. The molecule has 0 bridgehead atoms. The number of rotatable bonds is 4. The molecule has 2 aromatic heterocycles. The van der Waals surface area contributed by atoms with Crippen molar-refractivity contribution in [1.29, 1.82) is 0 Å². The number of hydrogen-bond acceptors (Lipinski definition) is 7. The summed E-state index contributed by atoms with van der Waals surface area (Å²) in [6.07, 6.45) is 0. The zero-order chi connectivity index (χ0) is 14.0. The Kier molecular flexibility index (Phi) is 3.69. The fourth-order valence-electron chi connectivity index (χ4n) is 1.45. The van der Waals surface area contributed by atoms with Crippen LogP contribution in [0.15, 0.2) is 10.8 Å². The lowest BCUT2D eigenvalue weighted by molar-refractivity contribution is -0.394. The van der Waals surface area contributed by atoms with E-state index in [1.165, 1.54) is 4.68 Å². The van der Waals surface area contributed by atoms with Gasteiger partial charge in [0.05, 0.1) is 0 Å². The van der Waals surface area contributed by atoms with Gasteiger partial charge in [0.2, 0.25) is 0 Å². The quantitative estimate of drug-likeness (QED) is 0.661. The maximum Gasteiger partial charge on any atom is 0.492 e. The van der Waals surface area contributed by atoms with Crippen molar-refractivity contribution in [2.75, 3.05) is 12.4 Å². The van der Waals surface area contributed by atoms with Crippen molar-refractivity contribution in [3.05, 3.63) is 32.4 Å². The van der Waals surface area contributed by atoms with E-state index in [1.807, 2.05) is 6.92 Å². The first-order valence-corrected chi connectivity index (χ1v) is 6.06. The normalized spacial score (nSPS) is 10.5. The topological polar surface area (TPSA) is 112 Å². The van der Waals surface area contributed by atoms with Crippen LogP contribution >= 0.6 is 15.9 Å². The first-order chi connectivity index (χ1) is 8.99. The molecule has 1 N–H and O–H groups in total. The monoisotopic (exact) mass is 327 g/mol. The highest BCUT2D eigenvalue weighted by atomic mass is 79.9. The Balaban J connectivity index is 2.30. The third-order valence-corrected chi connectivity index (χ3v) is 2.81. The van der Waals surface area contributed by atoms with Gasteiger partial charge in [-0.05, 0) is 16.8 Å². The standard InChI is InChI=1S/C9H10BrN7O2/c1-5-3-6(11-2)13-7(12-5)4-16-8(10)14-9(15-16)17(18)19/h3H,4H2,1-2H3,(H,11,12,13). The lowest BCUT2D eigenvalue weighted by atomic mass is 10.4. The highest BCUT2D eigenvalue weighted by Gasteiger charge is 2.20. The average Bonchev–Trinajstić information content (AvgIpc) is 2.70. The summed E-state index contributed by atoms with van der Waals surface area (Å²) < 4.78 is 1.59. The molecule has 0 atom stereocenters. The fraction of sp³-hybridized carbons (Fsp3) is 0.333. The molecule has 0 aliphatic carbocycles. The largest absolute Gasteiger partial charge is 0.492 e. The maximum atomic E-state index is 10.6. The molecule has 0 fully saturated rings. The predicted molar refractivity (Wildman–Crippen MR) is 69.8 cm³/mol. The van der Waals surface area contributed by atoms with Gasteiger partial charge in [-0.1, -0.05) is 0 Å². The zero-order valence-corrected chi connectivity index (χ0v) is 11.7. The van der Waals surface area contributed by atoms with Gasteiger partial charge in [-0.15, -0.1) is 0 Å². The van der Waals surface area contributed by atoms with Crippen molar-refractivity contribution in [2.45, 2.75) is 13.5 Å². The molecule has 0 aliphatic rings. The van der Waals surface area contributed by atoms with Crippen molar-refractivity contribution >= 4 is 27.7 Å². The molecule has 0 unspecified atom stereocenters. The molecule has 2 rings (SSSR count). The minimum Gasteiger partial charge on any atom is -0.390 e. The molecule has 2 aromatic rings. The Bertz CT molecular complexity index is 627. The van der Waals surface area contributed by atoms with Gasteiger partial charge in [-0.25, -0.2) is 9.97 Å². The van der Waals surface area contributed by atoms with E-state index in [0.717, 1.165) is 5.69 Å². The minimum atomic E-state index is -0.655. The van der Waals surface area contributed by atoms with Crippen LogP contribution in [-0.2, 0) is 6.54 Å². The van der Waals surface area contributed by atoms with E-state index in [2.05, 4.69) is 41.3 Å². The van der Waals surface area contributed by atoms with Crippen LogP contribution in [0.2, 0.25) is 0 Å². The Hall–Kier alpha value is -2.10. The van der Waals surface area contributed by atoms with Gasteiger partial charge >= 0.3 is 5.95 Å². The van der Waals surface area contributed by atoms with Crippen LogP contribution in [0.4, 0.5) is 11.8 Å². The Morgan fingerprint density at radius 1 is 1.47 bits per heavy atom. The van der Waals surface area contributed by atoms with Crippen molar-refractivity contribution < 1.29 is 4.92 Å². The lowest BCUT2D eigenvalue weighted by Gasteiger charge is -2.04. The van der Waals surface area contributed by atoms with Crippen molar-refractivity contribution in [3.8, 4) is 0 Å². The average molecular weight is 328 g/mol. The molecular formula is C9H10BrN7O2. The molecule has 0 saturated carbocycles. The molecule has 0 spiro atoms. The highest BCUT2D eigenvalue weighted by molar-refractivity contribution is 9.10. The third-order valence-electron chi connectivity index (χ3n) is 2.23. The molecule has 9 nitrogen and oxygen atoms in total. The van der Waals surface area contributed by atoms with Gasteiger partial charge in [0.25, 0.3) is 4.73 Å². The highest BCUT2D eigenvalue weighted by Crippen LogP contribution is 2.14. The SMILES string of the molecule is CNc1cc(C)nc(Cn2nc([N+](=O)[O-])nc2Br)n1. The lowest BCUT2D eigenvalue weighted by Crippen LogP contribution is -2.09. The van der Waals surface area contributed by atoms with E-state index < -0.39 is 10.9 Å². The van der Waals surface area contributed by atoms with Crippen LogP contribution in [0, 0.1) is 17.0 Å². The molecule has 0 radical (unpaired) electrons. The smallest absolute Gasteiger partial charge is 0.390 e. The maximum absolute atomic E-state index is 10.6. The Labute approximate surface area is 116 Å². The molecular weight excluding hydrogens is 318 g/mol. The molecule has 2 heterocycles. The number of nitrogens with one attached hydrogen (secondary N) is 1. The van der Waals surface area contributed by atoms with Crippen LogP contribution in [0.25, 0.3) is 0 Å². The van der Waals surface area contributed by atoms with E-state index in [4.69, 9.17) is 0 Å². The number of aromatic nitrogens is 5. The van der Waals surface area contributed by atoms with Crippen LogP contribution in [0.1, 0.15) is 11.5 Å². The van der Waals surface area contributed by atoms with E-state index in [9.17, 15) is 10.1 Å². The molecule has 10 heteroatoms. The van der Waals surface area contributed by atoms with Gasteiger partial charge in [0.1, 0.15) is 12.4 Å². The summed E-state index contributed by atoms with van der Waals surface area (Å²) in [5.74, 6) is 0.700. The number of anilines is 1. The zero-order valence-electron chi connectivity index (χ0n) is 10.2. The van der Waals surface area contributed by atoms with Crippen molar-refractivity contribution in [3.63, 3.8) is 0 Å². The number of hydrogen-bond donors (Lipinski definition) is 1. The first kappa shape index (κ1) is 13.3. The summed E-state index contributed by atoms with van der Waals surface area (Å²) in [7, 11) is 1.75. The van der Waals surface area contributed by atoms with Crippen LogP contribution in [0.5, 0.6) is 0 Å². The van der Waals surface area contributed by atoms with E-state index in [1.54, 1.807) is 13.1 Å². The van der Waals surface area contributed by atoms with Crippen LogP contribution < -0.4 is 5.32 Å². The molecule has 100 valence electrons. The van der Waals surface area contributed by atoms with Gasteiger partial charge in [0.15, 0.2) is 5.82 Å². The van der Waals surface area contributed by atoms with E-state index >= 15 is 0 Å². The summed E-state index contributed by atoms with van der Waals surface area (Å²) in [6.45, 7) is 2.03. The van der Waals surface area contributed by atoms with Crippen LogP contribution in [0.3, 0.4) is 0 Å². The second kappa shape index (κ2) is 5.26. The molecule has 0 amide bonds. The number of nitro groups is 1. The van der Waals surface area contributed by atoms with Gasteiger partial charge in [0, 0.05) is 39.8 Å². The van der Waals surface area contributed by atoms with Gasteiger partial charge < -0.3 is 15.4 Å². The summed E-state index contributed by atoms with van der Waals surface area (Å²) in [5, 5.41) is 17.2. The first-order valence-electron chi connectivity index (χ1n) is 5.26. The van der Waals surface area contributed by atoms with Crippen LogP contribution in [-0.4, -0.2) is 36.7 Å². The van der Waals surface area contributed by atoms with Crippen molar-refractivity contribution in [1.82, 2.24) is 24.7 Å². The summed E-state index contributed by atoms with van der Waals surface area (Å²) in [5.41, 5.74) is 0.792. The summed E-state index contributed by atoms with van der Waals surface area (Å²) in [6, 6.07) is 1.79. The third kappa shape index (κ3) is 3.02. The Morgan fingerprint density at radius 3 is 2.79 bits per heavy atom. The minimum absolute atomic E-state index is 0.192. The molecule has 0 aliphatic heterocycles. The second-order valence-corrected chi connectivity index (χ2v) is 4.37. The molecule has 0 saturated heterocycles. The molecule has 0 aromatic carbocycles. The fourth-order valence-corrected chi connectivity index (χ4v) is 1.82. The second-order valence-electron chi connectivity index (χ2n) is 3.66. The number of halogens is 1. The summed E-state index contributed by atoms with van der Waals surface area (Å²) >= 11 is 3.11. The van der Waals surface area contributed by atoms with E-state index in [-0.39, 0.29) is 11.3 Å². The van der Waals surface area contributed by atoms with Crippen molar-refractivity contribution in [2.24, 2.45) is 0 Å². The van der Waals surface area contributed by atoms with Gasteiger partial charge in [-0.3, -0.25) is 0 Å². The predicted octanol–water partition coefficient (Wildman–Crippen LogP) is 1.14. The molecule has 19 heavy (non-hydrogen) atoms. The number of nitrogens with zero attached hydrogens (tertiary/aromatic N) is 6. The Morgan fingerprint density at radius 2 is 2.21 bits per heavy atom. The number of aryl methyl sites for hydroxylation is 1. The van der Waals surface area contributed by atoms with E-state index in [0.29, 0.717) is 11.6 Å². The van der Waals surface area contributed by atoms with Gasteiger partial charge in [-0.2, -0.15) is 4.68 Å².